The smallest absolute Gasteiger partial charge is 0.137 e. The zero-order valence-corrected chi connectivity index (χ0v) is 22.6. The summed E-state index contributed by atoms with van der Waals surface area (Å²) in [5.74, 6) is 0. The van der Waals surface area contributed by atoms with Gasteiger partial charge in [0.2, 0.25) is 0 Å². The minimum Gasteiger partial charge on any atom is -0.387 e. The highest BCUT2D eigenvalue weighted by Gasteiger charge is 2.47. The monoisotopic (exact) mass is 542 g/mol. The lowest BCUT2D eigenvalue weighted by atomic mass is 9.99. The van der Waals surface area contributed by atoms with E-state index in [2.05, 4.69) is 0 Å². The Morgan fingerprint density at radius 1 is 0.590 bits per heavy atom. The molecule has 1 heterocycles. The molecule has 4 aromatic rings. The van der Waals surface area contributed by atoms with Crippen molar-refractivity contribution in [3.63, 3.8) is 0 Å². The van der Waals surface area contributed by atoms with E-state index in [0.717, 1.165) is 21.6 Å². The molecule has 0 aromatic heterocycles. The Hall–Kier alpha value is -2.97. The Bertz CT molecular complexity index is 1230. The maximum Gasteiger partial charge on any atom is 0.137 e. The van der Waals surface area contributed by atoms with Crippen LogP contribution < -0.4 is 0 Å². The van der Waals surface area contributed by atoms with Gasteiger partial charge in [0.15, 0.2) is 0 Å². The highest BCUT2D eigenvalue weighted by Crippen LogP contribution is 2.37. The molecule has 5 rings (SSSR count). The van der Waals surface area contributed by atoms with Gasteiger partial charge >= 0.3 is 0 Å². The fraction of sp³-hybridized carbons (Fsp3) is 0.273. The average Bonchev–Trinajstić information content (AvgIpc) is 2.99. The van der Waals surface area contributed by atoms with E-state index in [0.29, 0.717) is 19.8 Å². The van der Waals surface area contributed by atoms with E-state index < -0.39 is 29.9 Å². The molecular weight excluding hydrogens is 508 g/mol. The van der Waals surface area contributed by atoms with E-state index in [1.54, 1.807) is 11.8 Å². The van der Waals surface area contributed by atoms with Crippen molar-refractivity contribution in [2.24, 2.45) is 0 Å². The van der Waals surface area contributed by atoms with Crippen LogP contribution in [0.2, 0.25) is 0 Å². The molecule has 0 spiro atoms. The molecule has 5 atom stereocenters. The first-order valence-electron chi connectivity index (χ1n) is 13.2. The summed E-state index contributed by atoms with van der Waals surface area (Å²) in [6.07, 6.45) is -2.64. The normalized spacial score (nSPS) is 22.9. The van der Waals surface area contributed by atoms with Crippen LogP contribution in [0.25, 0.3) is 0 Å². The van der Waals surface area contributed by atoms with Crippen LogP contribution in [-0.2, 0) is 38.8 Å². The van der Waals surface area contributed by atoms with Crippen molar-refractivity contribution >= 4 is 11.8 Å². The number of hydrogen-bond acceptors (Lipinski definition) is 6. The van der Waals surface area contributed by atoms with E-state index in [1.807, 2.05) is 121 Å². The largest absolute Gasteiger partial charge is 0.387 e. The van der Waals surface area contributed by atoms with Gasteiger partial charge in [-0.3, -0.25) is 0 Å². The van der Waals surface area contributed by atoms with Gasteiger partial charge in [0.1, 0.15) is 29.9 Å². The average molecular weight is 543 g/mol. The first-order valence-corrected chi connectivity index (χ1v) is 14.1. The molecule has 0 bridgehead atoms. The number of benzene rings is 4. The SMILES string of the molecule is O[C@H]1[C@H](OCc2ccccc2)[C@H](OCc2ccccc2)[C@H](Sc2ccccc2)O[C@@H]1COCc1ccccc1. The predicted octanol–water partition coefficient (Wildman–Crippen LogP) is 6.25. The lowest BCUT2D eigenvalue weighted by Crippen LogP contribution is -2.59. The van der Waals surface area contributed by atoms with Gasteiger partial charge in [-0.2, -0.15) is 0 Å². The second-order valence-electron chi connectivity index (χ2n) is 9.49. The summed E-state index contributed by atoms with van der Waals surface area (Å²) < 4.78 is 25.4. The third-order valence-electron chi connectivity index (χ3n) is 6.58. The molecule has 1 fully saturated rings. The standard InChI is InChI=1S/C33H34O5S/c34-30-29(24-35-21-25-13-5-1-6-14-25)38-33(39-28-19-11-4-12-20-28)32(37-23-27-17-9-3-10-18-27)31(30)36-22-26-15-7-2-8-16-26/h1-20,29-34H,21-24H2/t29-,30-,31+,32+,33+/m1/s1. The van der Waals surface area contributed by atoms with Gasteiger partial charge in [0.25, 0.3) is 0 Å². The second kappa shape index (κ2) is 14.4. The van der Waals surface area contributed by atoms with Gasteiger partial charge in [-0.25, -0.2) is 0 Å². The van der Waals surface area contributed by atoms with Gasteiger partial charge < -0.3 is 24.1 Å². The molecule has 202 valence electrons. The van der Waals surface area contributed by atoms with Crippen LogP contribution in [-0.4, -0.2) is 41.6 Å². The predicted molar refractivity (Wildman–Crippen MR) is 153 cm³/mol. The molecule has 5 nitrogen and oxygen atoms in total. The van der Waals surface area contributed by atoms with E-state index in [9.17, 15) is 5.11 Å². The second-order valence-corrected chi connectivity index (χ2v) is 10.7. The van der Waals surface area contributed by atoms with Crippen LogP contribution in [0.3, 0.4) is 0 Å². The Labute approximate surface area is 234 Å². The highest BCUT2D eigenvalue weighted by molar-refractivity contribution is 7.99. The van der Waals surface area contributed by atoms with Crippen molar-refractivity contribution in [1.82, 2.24) is 0 Å². The van der Waals surface area contributed by atoms with Gasteiger partial charge in [0.05, 0.1) is 26.4 Å². The van der Waals surface area contributed by atoms with Crippen LogP contribution in [0.15, 0.2) is 126 Å². The number of rotatable bonds is 12. The lowest BCUT2D eigenvalue weighted by molar-refractivity contribution is -0.240. The molecule has 1 aliphatic heterocycles. The van der Waals surface area contributed by atoms with Crippen LogP contribution in [0.4, 0.5) is 0 Å². The van der Waals surface area contributed by atoms with Crippen LogP contribution in [0.1, 0.15) is 16.7 Å². The quantitative estimate of drug-likeness (QED) is 0.228. The molecule has 0 radical (unpaired) electrons. The topological polar surface area (TPSA) is 57.2 Å². The molecule has 1 N–H and O–H groups in total. The van der Waals surface area contributed by atoms with Crippen LogP contribution in [0.5, 0.6) is 0 Å². The van der Waals surface area contributed by atoms with Gasteiger partial charge in [-0.1, -0.05) is 121 Å². The minimum atomic E-state index is -0.933. The van der Waals surface area contributed by atoms with Gasteiger partial charge in [0, 0.05) is 4.90 Å². The fourth-order valence-electron chi connectivity index (χ4n) is 4.52. The first kappa shape index (κ1) is 27.6. The molecule has 1 aliphatic rings. The summed E-state index contributed by atoms with van der Waals surface area (Å²) in [5.41, 5.74) is 2.73. The van der Waals surface area contributed by atoms with Crippen molar-refractivity contribution in [3.8, 4) is 0 Å². The molecular formula is C33H34O5S. The molecule has 1 saturated heterocycles. The van der Waals surface area contributed by atoms with Crippen molar-refractivity contribution < 1.29 is 24.1 Å². The maximum atomic E-state index is 11.5. The fourth-order valence-corrected chi connectivity index (χ4v) is 5.67. The van der Waals surface area contributed by atoms with E-state index in [4.69, 9.17) is 18.9 Å². The van der Waals surface area contributed by atoms with E-state index in [-0.39, 0.29) is 6.61 Å². The molecule has 0 unspecified atom stereocenters. The van der Waals surface area contributed by atoms with Gasteiger partial charge in [-0.15, -0.1) is 0 Å². The third-order valence-corrected chi connectivity index (χ3v) is 7.73. The Kier molecular flexibility index (Phi) is 10.2. The molecule has 0 aliphatic carbocycles. The van der Waals surface area contributed by atoms with E-state index in [1.165, 1.54) is 0 Å². The van der Waals surface area contributed by atoms with Crippen molar-refractivity contribution in [3.05, 3.63) is 138 Å². The van der Waals surface area contributed by atoms with Crippen molar-refractivity contribution in [2.75, 3.05) is 6.61 Å². The number of hydrogen-bond donors (Lipinski definition) is 1. The maximum absolute atomic E-state index is 11.5. The summed E-state index contributed by atoms with van der Waals surface area (Å²) >= 11 is 1.57. The molecule has 0 amide bonds. The lowest BCUT2D eigenvalue weighted by Gasteiger charge is -2.44. The summed E-state index contributed by atoms with van der Waals surface area (Å²) in [4.78, 5) is 1.05. The zero-order chi connectivity index (χ0) is 26.7. The molecule has 6 heteroatoms. The molecule has 39 heavy (non-hydrogen) atoms. The Morgan fingerprint density at radius 3 is 1.59 bits per heavy atom. The number of aliphatic hydroxyl groups excluding tert-OH is 1. The van der Waals surface area contributed by atoms with Gasteiger partial charge in [-0.05, 0) is 28.8 Å². The zero-order valence-electron chi connectivity index (χ0n) is 21.8. The van der Waals surface area contributed by atoms with Crippen LogP contribution >= 0.6 is 11.8 Å². The van der Waals surface area contributed by atoms with Crippen LogP contribution in [0, 0.1) is 0 Å². The Balaban J connectivity index is 1.36. The minimum absolute atomic E-state index is 0.235. The molecule has 0 saturated carbocycles. The summed E-state index contributed by atoms with van der Waals surface area (Å²) in [7, 11) is 0. The van der Waals surface area contributed by atoms with E-state index >= 15 is 0 Å². The third kappa shape index (κ3) is 8.02. The summed E-state index contributed by atoms with van der Waals surface area (Å²) in [5, 5.41) is 11.5. The number of thioether (sulfide) groups is 1. The first-order chi connectivity index (χ1) is 19.3. The number of aliphatic hydroxyl groups is 1. The highest BCUT2D eigenvalue weighted by atomic mass is 32.2. The number of ether oxygens (including phenoxy) is 4. The van der Waals surface area contributed by atoms with Crippen molar-refractivity contribution in [2.45, 2.75) is 54.6 Å². The summed E-state index contributed by atoms with van der Waals surface area (Å²) in [6, 6.07) is 40.1. The Morgan fingerprint density at radius 2 is 1.05 bits per heavy atom. The van der Waals surface area contributed by atoms with Crippen molar-refractivity contribution in [1.29, 1.82) is 0 Å². The summed E-state index contributed by atoms with van der Waals surface area (Å²) in [6.45, 7) is 1.41. The molecule has 4 aromatic carbocycles.